The lowest BCUT2D eigenvalue weighted by Crippen LogP contribution is -2.11. The summed E-state index contributed by atoms with van der Waals surface area (Å²) in [5.74, 6) is 0.159. The van der Waals surface area contributed by atoms with Gasteiger partial charge in [-0.1, -0.05) is 48.6 Å². The molecule has 2 nitrogen and oxygen atoms in total. The number of hydrogen-bond donors (Lipinski definition) is 1. The van der Waals surface area contributed by atoms with E-state index in [0.717, 1.165) is 12.0 Å². The fraction of sp³-hybridized carbons (Fsp3) is 0.214. The predicted octanol–water partition coefficient (Wildman–Crippen LogP) is 2.53. The summed E-state index contributed by atoms with van der Waals surface area (Å²) in [5, 5.41) is 0. The van der Waals surface area contributed by atoms with Gasteiger partial charge in [-0.15, -0.1) is 0 Å². The fourth-order valence-electron chi connectivity index (χ4n) is 1.94. The topological polar surface area (TPSA) is 43.1 Å². The maximum Gasteiger partial charge on any atom is 0.221 e. The Morgan fingerprint density at radius 2 is 2.06 bits per heavy atom. The first-order valence-electron chi connectivity index (χ1n) is 5.46. The molecule has 2 rings (SSSR count). The zero-order chi connectivity index (χ0) is 11.4. The van der Waals surface area contributed by atoms with Gasteiger partial charge >= 0.3 is 0 Å². The average molecular weight is 213 g/mol. The Hall–Kier alpha value is -1.83. The van der Waals surface area contributed by atoms with Crippen molar-refractivity contribution < 1.29 is 4.79 Å². The van der Waals surface area contributed by atoms with Gasteiger partial charge < -0.3 is 5.73 Å². The molecule has 0 saturated carbocycles. The van der Waals surface area contributed by atoms with Gasteiger partial charge in [0.25, 0.3) is 0 Å². The molecule has 0 bridgehead atoms. The number of benzene rings is 1. The number of carbonyl (C=O) groups is 1. The highest BCUT2D eigenvalue weighted by atomic mass is 16.1. The summed E-state index contributed by atoms with van der Waals surface area (Å²) in [6.45, 7) is 0. The molecule has 0 radical (unpaired) electrons. The van der Waals surface area contributed by atoms with Crippen molar-refractivity contribution in [2.45, 2.75) is 18.8 Å². The van der Waals surface area contributed by atoms with E-state index in [-0.39, 0.29) is 5.91 Å². The van der Waals surface area contributed by atoms with E-state index in [9.17, 15) is 4.79 Å². The lowest BCUT2D eigenvalue weighted by Gasteiger charge is -2.15. The van der Waals surface area contributed by atoms with E-state index in [1.54, 1.807) is 0 Å². The second-order valence-corrected chi connectivity index (χ2v) is 4.03. The van der Waals surface area contributed by atoms with E-state index >= 15 is 0 Å². The van der Waals surface area contributed by atoms with Crippen molar-refractivity contribution in [3.05, 3.63) is 59.7 Å². The molecule has 0 saturated heterocycles. The number of primary amides is 1. The molecule has 2 heteroatoms. The Labute approximate surface area is 95.5 Å². The quantitative estimate of drug-likeness (QED) is 0.823. The molecular formula is C14H15NO. The highest BCUT2D eigenvalue weighted by molar-refractivity contribution is 5.77. The van der Waals surface area contributed by atoms with Crippen LogP contribution in [0.15, 0.2) is 54.1 Å². The van der Waals surface area contributed by atoms with Gasteiger partial charge in [0.1, 0.15) is 0 Å². The molecule has 1 aromatic carbocycles. The van der Waals surface area contributed by atoms with E-state index in [1.165, 1.54) is 5.56 Å². The maximum atomic E-state index is 10.8. The lowest BCUT2D eigenvalue weighted by atomic mass is 9.89. The monoisotopic (exact) mass is 213 g/mol. The van der Waals surface area contributed by atoms with Crippen molar-refractivity contribution in [1.82, 2.24) is 0 Å². The van der Waals surface area contributed by atoms with E-state index in [2.05, 4.69) is 24.3 Å². The molecule has 0 fully saturated rings. The molecule has 0 aliphatic heterocycles. The van der Waals surface area contributed by atoms with Gasteiger partial charge in [-0.2, -0.15) is 0 Å². The molecule has 0 heterocycles. The second kappa shape index (κ2) is 4.79. The van der Waals surface area contributed by atoms with E-state index in [4.69, 9.17) is 5.73 Å². The summed E-state index contributed by atoms with van der Waals surface area (Å²) in [4.78, 5) is 10.8. The summed E-state index contributed by atoms with van der Waals surface area (Å²) in [6.07, 6.45) is 7.54. The number of carbonyl (C=O) groups excluding carboxylic acids is 1. The third-order valence-electron chi connectivity index (χ3n) is 2.78. The Kier molecular flexibility index (Phi) is 3.20. The number of rotatable bonds is 3. The van der Waals surface area contributed by atoms with Crippen molar-refractivity contribution in [3.8, 4) is 0 Å². The highest BCUT2D eigenvalue weighted by Gasteiger charge is 2.11. The van der Waals surface area contributed by atoms with E-state index < -0.39 is 0 Å². The highest BCUT2D eigenvalue weighted by Crippen LogP contribution is 2.27. The van der Waals surface area contributed by atoms with Crippen LogP contribution < -0.4 is 5.73 Å². The summed E-state index contributed by atoms with van der Waals surface area (Å²) in [7, 11) is 0. The minimum Gasteiger partial charge on any atom is -0.369 e. The molecule has 1 aliphatic rings. The standard InChI is InChI=1S/C14H15NO/c15-14(16)10-11-6-8-13(9-7-11)12-4-2-1-3-5-12/h1-8,13H,9-10H2,(H2,15,16). The number of amides is 1. The van der Waals surface area contributed by atoms with Crippen LogP contribution >= 0.6 is 0 Å². The minimum absolute atomic E-state index is 0.269. The third-order valence-corrected chi connectivity index (χ3v) is 2.78. The van der Waals surface area contributed by atoms with E-state index in [1.807, 2.05) is 24.3 Å². The second-order valence-electron chi connectivity index (χ2n) is 4.03. The predicted molar refractivity (Wildman–Crippen MR) is 64.8 cm³/mol. The van der Waals surface area contributed by atoms with Crippen LogP contribution in [0, 0.1) is 0 Å². The molecule has 82 valence electrons. The largest absolute Gasteiger partial charge is 0.369 e. The molecule has 1 aromatic rings. The van der Waals surface area contributed by atoms with Crippen LogP contribution in [-0.2, 0) is 4.79 Å². The van der Waals surface area contributed by atoms with Gasteiger partial charge in [0.2, 0.25) is 5.91 Å². The first kappa shape index (κ1) is 10.7. The van der Waals surface area contributed by atoms with Crippen molar-refractivity contribution in [3.63, 3.8) is 0 Å². The van der Waals surface area contributed by atoms with Crippen molar-refractivity contribution in [1.29, 1.82) is 0 Å². The van der Waals surface area contributed by atoms with Crippen LogP contribution in [-0.4, -0.2) is 5.91 Å². The van der Waals surface area contributed by atoms with Crippen molar-refractivity contribution in [2.24, 2.45) is 5.73 Å². The van der Waals surface area contributed by atoms with Gasteiger partial charge in [0, 0.05) is 5.92 Å². The molecule has 1 atom stereocenters. The van der Waals surface area contributed by atoms with Gasteiger partial charge in [-0.25, -0.2) is 0 Å². The lowest BCUT2D eigenvalue weighted by molar-refractivity contribution is -0.117. The van der Waals surface area contributed by atoms with Crippen LogP contribution in [0.25, 0.3) is 0 Å². The molecule has 1 amide bonds. The summed E-state index contributed by atoms with van der Waals surface area (Å²) in [6, 6.07) is 10.4. The van der Waals surface area contributed by atoms with Crippen molar-refractivity contribution in [2.75, 3.05) is 0 Å². The molecule has 16 heavy (non-hydrogen) atoms. The Morgan fingerprint density at radius 3 is 2.62 bits per heavy atom. The van der Waals surface area contributed by atoms with Crippen LogP contribution in [0.5, 0.6) is 0 Å². The molecule has 1 unspecified atom stereocenters. The van der Waals surface area contributed by atoms with Gasteiger partial charge in [0.15, 0.2) is 0 Å². The van der Waals surface area contributed by atoms with Crippen LogP contribution in [0.1, 0.15) is 24.3 Å². The normalized spacial score (nSPS) is 19.2. The molecular weight excluding hydrogens is 198 g/mol. The zero-order valence-electron chi connectivity index (χ0n) is 9.10. The third kappa shape index (κ3) is 2.60. The first-order chi connectivity index (χ1) is 7.75. The minimum atomic E-state index is -0.269. The van der Waals surface area contributed by atoms with Gasteiger partial charge in [0.05, 0.1) is 6.42 Å². The Morgan fingerprint density at radius 1 is 1.31 bits per heavy atom. The summed E-state index contributed by atoms with van der Waals surface area (Å²) >= 11 is 0. The number of hydrogen-bond acceptors (Lipinski definition) is 1. The maximum absolute atomic E-state index is 10.8. The SMILES string of the molecule is NC(=O)CC1=CCC(c2ccccc2)C=C1. The number of nitrogens with two attached hydrogens (primary N) is 1. The fourth-order valence-corrected chi connectivity index (χ4v) is 1.94. The summed E-state index contributed by atoms with van der Waals surface area (Å²) < 4.78 is 0. The summed E-state index contributed by atoms with van der Waals surface area (Å²) in [5.41, 5.74) is 7.50. The molecule has 1 aliphatic carbocycles. The van der Waals surface area contributed by atoms with Gasteiger partial charge in [-0.3, -0.25) is 4.79 Å². The van der Waals surface area contributed by atoms with Crippen LogP contribution in [0.3, 0.4) is 0 Å². The molecule has 0 spiro atoms. The Bertz CT molecular complexity index is 431. The molecule has 2 N–H and O–H groups in total. The molecule has 0 aromatic heterocycles. The van der Waals surface area contributed by atoms with Crippen LogP contribution in [0.2, 0.25) is 0 Å². The van der Waals surface area contributed by atoms with Crippen molar-refractivity contribution >= 4 is 5.91 Å². The van der Waals surface area contributed by atoms with E-state index in [0.29, 0.717) is 12.3 Å². The van der Waals surface area contributed by atoms with Gasteiger partial charge in [-0.05, 0) is 17.6 Å². The smallest absolute Gasteiger partial charge is 0.221 e. The first-order valence-corrected chi connectivity index (χ1v) is 5.46. The van der Waals surface area contributed by atoms with Crippen LogP contribution in [0.4, 0.5) is 0 Å². The zero-order valence-corrected chi connectivity index (χ0v) is 9.10. The number of allylic oxidation sites excluding steroid dienone is 3. The average Bonchev–Trinajstić information content (AvgIpc) is 2.30. The Balaban J connectivity index is 2.03.